The van der Waals surface area contributed by atoms with Gasteiger partial charge in [-0.1, -0.05) is 0 Å². The lowest BCUT2D eigenvalue weighted by molar-refractivity contribution is 0.216. The number of likely N-dealkylation sites (N-methyl/N-ethyl adjacent to an activating group) is 1. The van der Waals surface area contributed by atoms with Crippen LogP contribution in [0.2, 0.25) is 0 Å². The molecule has 0 radical (unpaired) electrons. The van der Waals surface area contributed by atoms with Crippen LogP contribution in [0.15, 0.2) is 0 Å². The minimum absolute atomic E-state index is 0.838. The van der Waals surface area contributed by atoms with Gasteiger partial charge in [-0.15, -0.1) is 0 Å². The van der Waals surface area contributed by atoms with Crippen LogP contribution in [0.4, 0.5) is 0 Å². The number of hydrogen-bond acceptors (Lipinski definition) is 3. The van der Waals surface area contributed by atoms with Gasteiger partial charge in [-0.25, -0.2) is 0 Å². The highest BCUT2D eigenvalue weighted by atomic mass is 15.3. The number of fused-ring (bicyclic) bond motifs is 2. The van der Waals surface area contributed by atoms with Crippen LogP contribution in [-0.4, -0.2) is 61.2 Å². The normalized spacial score (nSPS) is 35.7. The molecule has 114 valence electrons. The summed E-state index contributed by atoms with van der Waals surface area (Å²) in [6.45, 7) is 5.13. The van der Waals surface area contributed by atoms with Crippen molar-refractivity contribution in [3.63, 3.8) is 0 Å². The maximum atomic E-state index is 3.91. The van der Waals surface area contributed by atoms with Crippen molar-refractivity contribution in [3.05, 3.63) is 0 Å². The Kier molecular flexibility index (Phi) is 3.78. The lowest BCUT2D eigenvalue weighted by Crippen LogP contribution is -2.42. The summed E-state index contributed by atoms with van der Waals surface area (Å²) in [7, 11) is 2.35. The fourth-order valence-corrected chi connectivity index (χ4v) is 4.60. The Balaban J connectivity index is 1.23. The molecule has 2 heterocycles. The van der Waals surface area contributed by atoms with Crippen LogP contribution < -0.4 is 5.32 Å². The number of rotatable bonds is 6. The average molecular weight is 277 g/mol. The highest BCUT2D eigenvalue weighted by Gasteiger charge is 2.41. The van der Waals surface area contributed by atoms with Gasteiger partial charge in [0.15, 0.2) is 0 Å². The maximum absolute atomic E-state index is 3.91. The summed E-state index contributed by atoms with van der Waals surface area (Å²) in [6, 6.07) is 2.59. The molecule has 2 saturated carbocycles. The number of likely N-dealkylation sites (tertiary alicyclic amines) is 1. The second-order valence-electron chi connectivity index (χ2n) is 7.79. The van der Waals surface area contributed by atoms with E-state index < -0.39 is 0 Å². The summed E-state index contributed by atoms with van der Waals surface area (Å²) in [5, 5.41) is 3.91. The van der Waals surface area contributed by atoms with Crippen molar-refractivity contribution in [1.82, 2.24) is 15.1 Å². The average Bonchev–Trinajstić information content (AvgIpc) is 3.30. The Morgan fingerprint density at radius 1 is 0.950 bits per heavy atom. The van der Waals surface area contributed by atoms with E-state index in [2.05, 4.69) is 22.2 Å². The molecule has 0 amide bonds. The van der Waals surface area contributed by atoms with E-state index >= 15 is 0 Å². The van der Waals surface area contributed by atoms with Crippen molar-refractivity contribution in [2.45, 2.75) is 63.1 Å². The van der Waals surface area contributed by atoms with Crippen LogP contribution in [0, 0.1) is 11.8 Å². The van der Waals surface area contributed by atoms with Gasteiger partial charge in [0, 0.05) is 37.8 Å². The molecule has 4 aliphatic rings. The second kappa shape index (κ2) is 5.58. The number of nitrogens with one attached hydrogen (secondary N) is 1. The first-order valence-electron chi connectivity index (χ1n) is 8.99. The van der Waals surface area contributed by atoms with Gasteiger partial charge in [-0.3, -0.25) is 4.90 Å². The Hall–Kier alpha value is -0.120. The van der Waals surface area contributed by atoms with Crippen LogP contribution in [0.5, 0.6) is 0 Å². The quantitative estimate of drug-likeness (QED) is 0.800. The molecular formula is C17H31N3. The minimum atomic E-state index is 0.838. The van der Waals surface area contributed by atoms with Gasteiger partial charge in [0.05, 0.1) is 0 Å². The molecule has 2 atom stereocenters. The van der Waals surface area contributed by atoms with E-state index in [0.717, 1.165) is 30.0 Å². The van der Waals surface area contributed by atoms with Crippen molar-refractivity contribution in [2.24, 2.45) is 11.8 Å². The van der Waals surface area contributed by atoms with Crippen LogP contribution in [0.25, 0.3) is 0 Å². The first kappa shape index (κ1) is 13.5. The van der Waals surface area contributed by atoms with Crippen LogP contribution in [0.1, 0.15) is 44.9 Å². The largest absolute Gasteiger partial charge is 0.312 e. The predicted molar refractivity (Wildman–Crippen MR) is 82.9 cm³/mol. The standard InChI is InChI=1S/C17H31N3/c1-19-15-6-7-16(19)12-20(10-8-15)11-9-18-17(13-2-3-13)14-4-5-14/h13-18H,2-12H2,1H3. The zero-order valence-electron chi connectivity index (χ0n) is 13.1. The Morgan fingerprint density at radius 2 is 1.65 bits per heavy atom. The molecule has 0 spiro atoms. The Bertz CT molecular complexity index is 325. The van der Waals surface area contributed by atoms with Crippen molar-refractivity contribution < 1.29 is 0 Å². The zero-order chi connectivity index (χ0) is 13.5. The van der Waals surface area contributed by atoms with Gasteiger partial charge in [0.2, 0.25) is 0 Å². The first-order chi connectivity index (χ1) is 9.81. The fourth-order valence-electron chi connectivity index (χ4n) is 4.60. The molecule has 4 fully saturated rings. The smallest absolute Gasteiger partial charge is 0.0223 e. The molecule has 3 heteroatoms. The third-order valence-corrected chi connectivity index (χ3v) is 6.30. The molecule has 3 nitrogen and oxygen atoms in total. The van der Waals surface area contributed by atoms with E-state index in [9.17, 15) is 0 Å². The van der Waals surface area contributed by atoms with E-state index in [1.54, 1.807) is 0 Å². The number of hydrogen-bond donors (Lipinski definition) is 1. The van der Waals surface area contributed by atoms with E-state index in [0.29, 0.717) is 0 Å². The summed E-state index contributed by atoms with van der Waals surface area (Å²) in [5.74, 6) is 2.07. The topological polar surface area (TPSA) is 18.5 Å². The summed E-state index contributed by atoms with van der Waals surface area (Å²) in [5.41, 5.74) is 0. The molecule has 2 bridgehead atoms. The van der Waals surface area contributed by atoms with Crippen LogP contribution in [-0.2, 0) is 0 Å². The molecule has 20 heavy (non-hydrogen) atoms. The summed E-state index contributed by atoms with van der Waals surface area (Å²) >= 11 is 0. The molecular weight excluding hydrogens is 246 g/mol. The zero-order valence-corrected chi connectivity index (χ0v) is 13.1. The van der Waals surface area contributed by atoms with Crippen molar-refractivity contribution in [3.8, 4) is 0 Å². The van der Waals surface area contributed by atoms with Crippen LogP contribution >= 0.6 is 0 Å². The van der Waals surface area contributed by atoms with Gasteiger partial charge >= 0.3 is 0 Å². The van der Waals surface area contributed by atoms with Gasteiger partial charge in [0.25, 0.3) is 0 Å². The molecule has 0 aromatic carbocycles. The van der Waals surface area contributed by atoms with Crippen molar-refractivity contribution in [1.29, 1.82) is 0 Å². The Morgan fingerprint density at radius 3 is 2.35 bits per heavy atom. The molecule has 2 saturated heterocycles. The van der Waals surface area contributed by atoms with Gasteiger partial charge in [-0.2, -0.15) is 0 Å². The molecule has 0 aromatic heterocycles. The molecule has 4 rings (SSSR count). The molecule has 0 aromatic rings. The highest BCUT2D eigenvalue weighted by molar-refractivity contribution is 4.96. The predicted octanol–water partition coefficient (Wildman–Crippen LogP) is 1.93. The lowest BCUT2D eigenvalue weighted by atomic mass is 10.1. The van der Waals surface area contributed by atoms with Gasteiger partial charge in [-0.05, 0) is 70.4 Å². The molecule has 2 aliphatic carbocycles. The fraction of sp³-hybridized carbons (Fsp3) is 1.00. The molecule has 2 aliphatic heterocycles. The summed E-state index contributed by atoms with van der Waals surface area (Å²) in [6.07, 6.45) is 10.2. The third kappa shape index (κ3) is 2.90. The third-order valence-electron chi connectivity index (χ3n) is 6.30. The van der Waals surface area contributed by atoms with Crippen molar-refractivity contribution >= 4 is 0 Å². The lowest BCUT2D eigenvalue weighted by Gasteiger charge is -2.27. The van der Waals surface area contributed by atoms with E-state index in [4.69, 9.17) is 0 Å². The summed E-state index contributed by atoms with van der Waals surface area (Å²) in [4.78, 5) is 5.38. The van der Waals surface area contributed by atoms with Crippen molar-refractivity contribution in [2.75, 3.05) is 33.2 Å². The first-order valence-corrected chi connectivity index (χ1v) is 8.99. The van der Waals surface area contributed by atoms with E-state index in [-0.39, 0.29) is 0 Å². The van der Waals surface area contributed by atoms with E-state index in [1.807, 2.05) is 0 Å². The number of nitrogens with zero attached hydrogens (tertiary/aromatic N) is 2. The SMILES string of the molecule is CN1C2CCC1CN(CCNC(C1CC1)C1CC1)CC2. The highest BCUT2D eigenvalue weighted by Crippen LogP contribution is 2.44. The van der Waals surface area contributed by atoms with Crippen LogP contribution in [0.3, 0.4) is 0 Å². The second-order valence-corrected chi connectivity index (χ2v) is 7.79. The monoisotopic (exact) mass is 277 g/mol. The molecule has 2 unspecified atom stereocenters. The van der Waals surface area contributed by atoms with E-state index in [1.165, 1.54) is 71.1 Å². The maximum Gasteiger partial charge on any atom is 0.0223 e. The Labute approximate surface area is 124 Å². The van der Waals surface area contributed by atoms with Gasteiger partial charge in [0.1, 0.15) is 0 Å². The minimum Gasteiger partial charge on any atom is -0.312 e. The van der Waals surface area contributed by atoms with Gasteiger partial charge < -0.3 is 10.2 Å². The molecule has 1 N–H and O–H groups in total. The summed E-state index contributed by atoms with van der Waals surface area (Å²) < 4.78 is 0.